The van der Waals surface area contributed by atoms with Gasteiger partial charge in [-0.05, 0) is 87.2 Å². The average molecular weight is 346 g/mol. The van der Waals surface area contributed by atoms with Gasteiger partial charge in [0.2, 0.25) is 5.91 Å². The third-order valence-corrected chi connectivity index (χ3v) is 6.04. The Morgan fingerprint density at radius 1 is 1.20 bits per heavy atom. The molecule has 0 radical (unpaired) electrons. The number of aliphatic hydroxyl groups excluding tert-OH is 1. The molecular weight excluding hydrogens is 319 g/mol. The summed E-state index contributed by atoms with van der Waals surface area (Å²) in [5.74, 6) is -0.329. The lowest BCUT2D eigenvalue weighted by Crippen LogP contribution is -2.46. The van der Waals surface area contributed by atoms with Crippen LogP contribution in [0.5, 0.6) is 0 Å². The van der Waals surface area contributed by atoms with E-state index in [4.69, 9.17) is 0 Å². The molecule has 1 saturated heterocycles. The van der Waals surface area contributed by atoms with Gasteiger partial charge < -0.3 is 10.4 Å². The Kier molecular flexibility index (Phi) is 4.78. The van der Waals surface area contributed by atoms with Gasteiger partial charge in [-0.3, -0.25) is 9.69 Å². The van der Waals surface area contributed by atoms with E-state index in [-0.39, 0.29) is 29.7 Å². The highest BCUT2D eigenvalue weighted by atomic mass is 19.1. The lowest BCUT2D eigenvalue weighted by molar-refractivity contribution is -0.133. The Hall–Kier alpha value is -1.46. The molecule has 1 aromatic carbocycles. The number of hydrogen-bond donors (Lipinski definition) is 2. The van der Waals surface area contributed by atoms with E-state index in [1.807, 2.05) is 6.07 Å². The molecule has 2 aliphatic carbocycles. The quantitative estimate of drug-likeness (QED) is 0.881. The van der Waals surface area contributed by atoms with Gasteiger partial charge in [0.25, 0.3) is 0 Å². The molecule has 1 amide bonds. The van der Waals surface area contributed by atoms with Gasteiger partial charge in [-0.15, -0.1) is 0 Å². The largest absolute Gasteiger partial charge is 0.383 e. The zero-order chi connectivity index (χ0) is 17.4. The molecule has 1 heterocycles. The van der Waals surface area contributed by atoms with Crippen molar-refractivity contribution in [2.75, 3.05) is 13.1 Å². The summed E-state index contributed by atoms with van der Waals surface area (Å²) in [7, 11) is 0. The average Bonchev–Trinajstić information content (AvgIpc) is 3.44. The van der Waals surface area contributed by atoms with Crippen molar-refractivity contribution in [3.05, 3.63) is 35.1 Å². The molecule has 1 saturated carbocycles. The molecular formula is C20H27FN2O2. The van der Waals surface area contributed by atoms with Gasteiger partial charge in [0.1, 0.15) is 11.9 Å². The van der Waals surface area contributed by atoms with E-state index in [0.29, 0.717) is 0 Å². The Bertz CT molecular complexity index is 639. The van der Waals surface area contributed by atoms with Gasteiger partial charge in [0.15, 0.2) is 0 Å². The maximum absolute atomic E-state index is 13.7. The number of piperidine rings is 1. The second kappa shape index (κ2) is 7.04. The molecule has 2 fully saturated rings. The number of rotatable bonds is 4. The van der Waals surface area contributed by atoms with Crippen molar-refractivity contribution in [2.45, 2.75) is 63.1 Å². The predicted octanol–water partition coefficient (Wildman–Crippen LogP) is 2.55. The maximum Gasteiger partial charge on any atom is 0.249 e. The third-order valence-electron chi connectivity index (χ3n) is 6.04. The van der Waals surface area contributed by atoms with Crippen molar-refractivity contribution in [2.24, 2.45) is 5.92 Å². The number of nitrogens with zero attached hydrogens (tertiary/aromatic N) is 1. The van der Waals surface area contributed by atoms with Crippen LogP contribution in [0.2, 0.25) is 0 Å². The van der Waals surface area contributed by atoms with Gasteiger partial charge in [0, 0.05) is 12.1 Å². The van der Waals surface area contributed by atoms with Crippen LogP contribution in [0.3, 0.4) is 0 Å². The van der Waals surface area contributed by atoms with E-state index in [2.05, 4.69) is 10.2 Å². The Labute approximate surface area is 148 Å². The van der Waals surface area contributed by atoms with Gasteiger partial charge >= 0.3 is 0 Å². The number of nitrogens with one attached hydrogen (secondary N) is 1. The van der Waals surface area contributed by atoms with E-state index in [1.165, 1.54) is 5.56 Å². The smallest absolute Gasteiger partial charge is 0.249 e. The van der Waals surface area contributed by atoms with E-state index < -0.39 is 6.10 Å². The monoisotopic (exact) mass is 346 g/mol. The van der Waals surface area contributed by atoms with Gasteiger partial charge in [-0.25, -0.2) is 4.39 Å². The van der Waals surface area contributed by atoms with E-state index in [0.717, 1.165) is 63.6 Å². The summed E-state index contributed by atoms with van der Waals surface area (Å²) in [6, 6.07) is 5.75. The fourth-order valence-corrected chi connectivity index (χ4v) is 4.40. The van der Waals surface area contributed by atoms with Crippen LogP contribution in [-0.2, 0) is 11.2 Å². The first-order valence-electron chi connectivity index (χ1n) is 9.62. The van der Waals surface area contributed by atoms with Crippen LogP contribution >= 0.6 is 0 Å². The van der Waals surface area contributed by atoms with Crippen molar-refractivity contribution >= 4 is 5.91 Å². The number of aryl methyl sites for hydroxylation is 1. The highest BCUT2D eigenvalue weighted by Crippen LogP contribution is 2.37. The fourth-order valence-electron chi connectivity index (χ4n) is 4.40. The predicted molar refractivity (Wildman–Crippen MR) is 93.5 cm³/mol. The molecule has 25 heavy (non-hydrogen) atoms. The number of hydrogen-bond acceptors (Lipinski definition) is 3. The summed E-state index contributed by atoms with van der Waals surface area (Å²) in [6.45, 7) is 1.72. The summed E-state index contributed by atoms with van der Waals surface area (Å²) >= 11 is 0. The van der Waals surface area contributed by atoms with Crippen LogP contribution in [0.25, 0.3) is 0 Å². The molecule has 0 bridgehead atoms. The summed E-state index contributed by atoms with van der Waals surface area (Å²) in [4.78, 5) is 14.5. The standard InChI is InChI=1S/C20H27FN2O2/c21-15-5-4-13-2-1-3-18(17(13)12-15)23-10-8-14(9-11-23)19(24)20(25)22-16-6-7-16/h4-5,12,14,16,18-19,24H,1-3,6-11H2,(H,22,25)/t18-,19-/m1/s1. The number of aliphatic hydroxyl groups is 1. The molecule has 0 aromatic heterocycles. The van der Waals surface area contributed by atoms with Crippen LogP contribution in [0.15, 0.2) is 18.2 Å². The summed E-state index contributed by atoms with van der Waals surface area (Å²) in [6.07, 6.45) is 6.05. The maximum atomic E-state index is 13.7. The summed E-state index contributed by atoms with van der Waals surface area (Å²) in [5.41, 5.74) is 2.40. The van der Waals surface area contributed by atoms with Crippen LogP contribution in [0.1, 0.15) is 55.7 Å². The number of benzene rings is 1. The van der Waals surface area contributed by atoms with Gasteiger partial charge in [0.05, 0.1) is 0 Å². The number of carbonyl (C=O) groups excluding carboxylic acids is 1. The third kappa shape index (κ3) is 3.72. The van der Waals surface area contributed by atoms with Crippen LogP contribution < -0.4 is 5.32 Å². The second-order valence-corrected chi connectivity index (χ2v) is 7.85. The molecule has 1 aromatic rings. The molecule has 0 spiro atoms. The van der Waals surface area contributed by atoms with Crippen molar-refractivity contribution < 1.29 is 14.3 Å². The minimum atomic E-state index is -0.890. The minimum Gasteiger partial charge on any atom is -0.383 e. The van der Waals surface area contributed by atoms with Crippen LogP contribution in [0, 0.1) is 11.7 Å². The number of likely N-dealkylation sites (tertiary alicyclic amines) is 1. The van der Waals surface area contributed by atoms with Crippen LogP contribution in [0.4, 0.5) is 4.39 Å². The first-order valence-corrected chi connectivity index (χ1v) is 9.62. The lowest BCUT2D eigenvalue weighted by atomic mass is 9.84. The Morgan fingerprint density at radius 2 is 1.96 bits per heavy atom. The van der Waals surface area contributed by atoms with E-state index >= 15 is 0 Å². The van der Waals surface area contributed by atoms with E-state index in [1.54, 1.807) is 12.1 Å². The highest BCUT2D eigenvalue weighted by molar-refractivity contribution is 5.81. The van der Waals surface area contributed by atoms with Crippen molar-refractivity contribution in [3.8, 4) is 0 Å². The van der Waals surface area contributed by atoms with E-state index in [9.17, 15) is 14.3 Å². The second-order valence-electron chi connectivity index (χ2n) is 7.85. The van der Waals surface area contributed by atoms with Gasteiger partial charge in [-0.1, -0.05) is 6.07 Å². The minimum absolute atomic E-state index is 0.0329. The summed E-state index contributed by atoms with van der Waals surface area (Å²) < 4.78 is 13.7. The number of amides is 1. The molecule has 5 heteroatoms. The Balaban J connectivity index is 1.37. The lowest BCUT2D eigenvalue weighted by Gasteiger charge is -2.41. The van der Waals surface area contributed by atoms with Crippen molar-refractivity contribution in [3.63, 3.8) is 0 Å². The molecule has 136 valence electrons. The molecule has 1 aliphatic heterocycles. The number of halogens is 1. The van der Waals surface area contributed by atoms with Crippen LogP contribution in [-0.4, -0.2) is 41.1 Å². The molecule has 2 N–H and O–H groups in total. The van der Waals surface area contributed by atoms with Gasteiger partial charge in [-0.2, -0.15) is 0 Å². The first kappa shape index (κ1) is 17.0. The first-order chi connectivity index (χ1) is 12.1. The zero-order valence-corrected chi connectivity index (χ0v) is 14.6. The fraction of sp³-hybridized carbons (Fsp3) is 0.650. The zero-order valence-electron chi connectivity index (χ0n) is 14.6. The summed E-state index contributed by atoms with van der Waals surface area (Å²) in [5, 5.41) is 13.2. The Morgan fingerprint density at radius 3 is 2.68 bits per heavy atom. The SMILES string of the molecule is O=C(NC1CC1)[C@H](O)C1CCN([C@@H]2CCCc3ccc(F)cc32)CC1. The molecule has 4 rings (SSSR count). The number of carbonyl (C=O) groups is 1. The number of fused-ring (bicyclic) bond motifs is 1. The van der Waals surface area contributed by atoms with Crippen molar-refractivity contribution in [1.29, 1.82) is 0 Å². The van der Waals surface area contributed by atoms with Crippen molar-refractivity contribution in [1.82, 2.24) is 10.2 Å². The normalized spacial score (nSPS) is 26.1. The molecule has 2 atom stereocenters. The highest BCUT2D eigenvalue weighted by Gasteiger charge is 2.35. The molecule has 0 unspecified atom stereocenters. The topological polar surface area (TPSA) is 52.6 Å². The molecule has 4 nitrogen and oxygen atoms in total. The molecule has 3 aliphatic rings.